The van der Waals surface area contributed by atoms with Gasteiger partial charge in [0, 0.05) is 5.03 Å². The maximum atomic E-state index is 12.6. The van der Waals surface area contributed by atoms with Crippen molar-refractivity contribution in [2.24, 2.45) is 0 Å². The molecule has 0 aliphatic rings. The Bertz CT molecular complexity index is 378. The molecular formula is C10H8ClFO2. The fourth-order valence-corrected chi connectivity index (χ4v) is 1.28. The van der Waals surface area contributed by atoms with Crippen molar-refractivity contribution in [1.82, 2.24) is 0 Å². The van der Waals surface area contributed by atoms with Crippen LogP contribution in [0.1, 0.15) is 12.5 Å². The van der Waals surface area contributed by atoms with Crippen LogP contribution in [0.4, 0.5) is 4.39 Å². The van der Waals surface area contributed by atoms with Crippen LogP contribution in [-0.2, 0) is 4.79 Å². The zero-order valence-electron chi connectivity index (χ0n) is 7.42. The second-order valence-corrected chi connectivity index (χ2v) is 3.29. The lowest BCUT2D eigenvalue weighted by atomic mass is 10.1. The first-order valence-corrected chi connectivity index (χ1v) is 4.26. The number of hydrogen-bond acceptors (Lipinski definition) is 1. The van der Waals surface area contributed by atoms with Crippen molar-refractivity contribution < 1.29 is 14.3 Å². The first kappa shape index (κ1) is 10.7. The molecule has 14 heavy (non-hydrogen) atoms. The van der Waals surface area contributed by atoms with Gasteiger partial charge in [-0.25, -0.2) is 9.18 Å². The minimum absolute atomic E-state index is 0.00772. The fraction of sp³-hybridized carbons (Fsp3) is 0.100. The van der Waals surface area contributed by atoms with Gasteiger partial charge < -0.3 is 5.11 Å². The zero-order chi connectivity index (χ0) is 10.7. The smallest absolute Gasteiger partial charge is 0.337 e. The molecule has 0 saturated carbocycles. The van der Waals surface area contributed by atoms with Crippen LogP contribution in [0.5, 0.6) is 0 Å². The summed E-state index contributed by atoms with van der Waals surface area (Å²) in [5.41, 5.74) is 0.387. The van der Waals surface area contributed by atoms with Gasteiger partial charge in [0.15, 0.2) is 0 Å². The number of carboxylic acids is 1. The van der Waals surface area contributed by atoms with Crippen molar-refractivity contribution in [2.45, 2.75) is 6.92 Å². The molecule has 0 saturated heterocycles. The van der Waals surface area contributed by atoms with Crippen LogP contribution in [0.3, 0.4) is 0 Å². The SMILES string of the molecule is C/C(Cl)=C(/C(=O)O)c1ccc(F)cc1. The molecule has 0 bridgehead atoms. The molecule has 0 atom stereocenters. The monoisotopic (exact) mass is 214 g/mol. The average molecular weight is 215 g/mol. The van der Waals surface area contributed by atoms with E-state index in [1.165, 1.54) is 31.2 Å². The van der Waals surface area contributed by atoms with E-state index in [0.29, 0.717) is 5.56 Å². The molecule has 0 unspecified atom stereocenters. The zero-order valence-corrected chi connectivity index (χ0v) is 8.18. The molecule has 1 rings (SSSR count). The topological polar surface area (TPSA) is 37.3 Å². The predicted molar refractivity (Wildman–Crippen MR) is 52.5 cm³/mol. The molecular weight excluding hydrogens is 207 g/mol. The molecule has 74 valence electrons. The second kappa shape index (κ2) is 4.24. The maximum Gasteiger partial charge on any atom is 0.337 e. The minimum atomic E-state index is -1.12. The van der Waals surface area contributed by atoms with Crippen LogP contribution in [0, 0.1) is 5.82 Å². The van der Waals surface area contributed by atoms with Crippen molar-refractivity contribution in [3.8, 4) is 0 Å². The number of allylic oxidation sites excluding steroid dienone is 1. The molecule has 0 aliphatic carbocycles. The van der Waals surface area contributed by atoms with Gasteiger partial charge in [-0.1, -0.05) is 23.7 Å². The molecule has 0 amide bonds. The Labute approximate surface area is 85.6 Å². The summed E-state index contributed by atoms with van der Waals surface area (Å²) in [6.07, 6.45) is 0. The molecule has 0 spiro atoms. The van der Waals surface area contributed by atoms with E-state index in [1.54, 1.807) is 0 Å². The summed E-state index contributed by atoms with van der Waals surface area (Å²) >= 11 is 5.62. The summed E-state index contributed by atoms with van der Waals surface area (Å²) in [4.78, 5) is 10.8. The highest BCUT2D eigenvalue weighted by Gasteiger charge is 2.12. The Balaban J connectivity index is 3.21. The number of carboxylic acid groups (broad SMARTS) is 1. The van der Waals surface area contributed by atoms with Crippen LogP contribution >= 0.6 is 11.6 Å². The van der Waals surface area contributed by atoms with Gasteiger partial charge in [-0.3, -0.25) is 0 Å². The van der Waals surface area contributed by atoms with Gasteiger partial charge in [0.2, 0.25) is 0 Å². The molecule has 1 aromatic carbocycles. The molecule has 0 aromatic heterocycles. The maximum absolute atomic E-state index is 12.6. The molecule has 0 heterocycles. The quantitative estimate of drug-likeness (QED) is 0.769. The van der Waals surface area contributed by atoms with E-state index >= 15 is 0 Å². The number of aliphatic carboxylic acids is 1. The first-order chi connectivity index (χ1) is 6.52. The summed E-state index contributed by atoms with van der Waals surface area (Å²) in [5.74, 6) is -1.53. The Hall–Kier alpha value is -1.35. The second-order valence-electron chi connectivity index (χ2n) is 2.72. The summed E-state index contributed by atoms with van der Waals surface area (Å²) in [7, 11) is 0. The van der Waals surface area contributed by atoms with Gasteiger partial charge in [-0.15, -0.1) is 0 Å². The van der Waals surface area contributed by atoms with E-state index in [1.807, 2.05) is 0 Å². The molecule has 0 aliphatic heterocycles. The Morgan fingerprint density at radius 3 is 2.21 bits per heavy atom. The van der Waals surface area contributed by atoms with E-state index in [0.717, 1.165) is 0 Å². The summed E-state index contributed by atoms with van der Waals surface area (Å²) in [5, 5.41) is 9.00. The van der Waals surface area contributed by atoms with Gasteiger partial charge in [0.25, 0.3) is 0 Å². The van der Waals surface area contributed by atoms with Crippen molar-refractivity contribution in [1.29, 1.82) is 0 Å². The van der Waals surface area contributed by atoms with E-state index in [4.69, 9.17) is 16.7 Å². The first-order valence-electron chi connectivity index (χ1n) is 3.88. The molecule has 4 heteroatoms. The average Bonchev–Trinajstić information content (AvgIpc) is 2.07. The largest absolute Gasteiger partial charge is 0.478 e. The van der Waals surface area contributed by atoms with Gasteiger partial charge >= 0.3 is 5.97 Å². The van der Waals surface area contributed by atoms with Crippen LogP contribution in [0.2, 0.25) is 0 Å². The minimum Gasteiger partial charge on any atom is -0.478 e. The number of hydrogen-bond donors (Lipinski definition) is 1. The highest BCUT2D eigenvalue weighted by atomic mass is 35.5. The van der Waals surface area contributed by atoms with Gasteiger partial charge in [0.05, 0.1) is 5.57 Å². The van der Waals surface area contributed by atoms with Crippen LogP contribution in [0.25, 0.3) is 5.57 Å². The fourth-order valence-electron chi connectivity index (χ4n) is 1.09. The van der Waals surface area contributed by atoms with Crippen molar-refractivity contribution >= 4 is 23.1 Å². The molecule has 0 fully saturated rings. The Morgan fingerprint density at radius 1 is 1.36 bits per heavy atom. The molecule has 2 nitrogen and oxygen atoms in total. The normalized spacial score (nSPS) is 12.2. The molecule has 1 N–H and O–H groups in total. The van der Waals surface area contributed by atoms with Gasteiger partial charge in [0.1, 0.15) is 5.82 Å². The van der Waals surface area contributed by atoms with E-state index in [-0.39, 0.29) is 10.6 Å². The third-order valence-electron chi connectivity index (χ3n) is 1.69. The Morgan fingerprint density at radius 2 is 1.86 bits per heavy atom. The highest BCUT2D eigenvalue weighted by Crippen LogP contribution is 2.21. The summed E-state index contributed by atoms with van der Waals surface area (Å²) < 4.78 is 12.6. The van der Waals surface area contributed by atoms with Gasteiger partial charge in [-0.2, -0.15) is 0 Å². The summed E-state index contributed by atoms with van der Waals surface area (Å²) in [6.45, 7) is 1.48. The van der Waals surface area contributed by atoms with E-state index in [9.17, 15) is 9.18 Å². The van der Waals surface area contributed by atoms with E-state index in [2.05, 4.69) is 0 Å². The van der Waals surface area contributed by atoms with Crippen molar-refractivity contribution in [3.05, 3.63) is 40.7 Å². The number of benzene rings is 1. The van der Waals surface area contributed by atoms with Crippen LogP contribution in [-0.4, -0.2) is 11.1 Å². The van der Waals surface area contributed by atoms with E-state index < -0.39 is 11.8 Å². The third kappa shape index (κ3) is 2.33. The van der Waals surface area contributed by atoms with Crippen molar-refractivity contribution in [2.75, 3.05) is 0 Å². The lowest BCUT2D eigenvalue weighted by Crippen LogP contribution is -2.00. The molecule has 0 radical (unpaired) electrons. The standard InChI is InChI=1S/C10H8ClFO2/c1-6(11)9(10(13)14)7-2-4-8(12)5-3-7/h2-5H,1H3,(H,13,14)/b9-6-. The summed E-state index contributed by atoms with van der Waals surface area (Å²) in [6, 6.07) is 5.14. The van der Waals surface area contributed by atoms with Crippen molar-refractivity contribution in [3.63, 3.8) is 0 Å². The lowest BCUT2D eigenvalue weighted by molar-refractivity contribution is -0.130. The Kier molecular flexibility index (Phi) is 3.25. The predicted octanol–water partition coefficient (Wildman–Crippen LogP) is 2.88. The van der Waals surface area contributed by atoms with Crippen LogP contribution < -0.4 is 0 Å². The number of rotatable bonds is 2. The number of halogens is 2. The van der Waals surface area contributed by atoms with Gasteiger partial charge in [-0.05, 0) is 24.6 Å². The number of carbonyl (C=O) groups is 1. The van der Waals surface area contributed by atoms with Crippen LogP contribution in [0.15, 0.2) is 29.3 Å². The highest BCUT2D eigenvalue weighted by molar-refractivity contribution is 6.37. The molecule has 1 aromatic rings. The third-order valence-corrected chi connectivity index (χ3v) is 1.88. The lowest BCUT2D eigenvalue weighted by Gasteiger charge is -2.03.